The Morgan fingerprint density at radius 3 is 0.926 bits per heavy atom. The maximum Gasteiger partial charge on any atom is 0.364 e. The van der Waals surface area contributed by atoms with Crippen molar-refractivity contribution in [1.29, 1.82) is 0 Å². The quantitative estimate of drug-likeness (QED) is 0.0273. The molecule has 135 heavy (non-hydrogen) atoms. The third kappa shape index (κ3) is 24.5. The van der Waals surface area contributed by atoms with Gasteiger partial charge in [-0.05, 0) is 0 Å². The third-order valence-corrected chi connectivity index (χ3v) is 24.4. The number of aliphatic carboxylic acids is 2. The SMILES string of the molecule is CC(=O)N[C@H]1[C@H](O[C@H]2[C@@H](O)[C@@H](CO)O[C@@H](O[C@H]3[C@H](O)[C@@H](O)[C@H](OC[C@H]4O[C@@H](O[C@H]5[C@@H](O)[C@@H](CO)OC(O)[C@@H]5O)[C@H](NC(C)=O)[C@@H](O)[C@@H]4O[C@@H]4O[C@H](CO)[C@H](O)[C@H](O[C@]5(C(=O)O)C[C@H](O)[C@@H](NC(C)=O)[C@H]([C@H](O)[C@H](O)CO)O5)[C@H]4O)O[C@@H]3CO)[C@@H]2O)O[C@H](CO[C@@H]2O[C@H](CO)[C@@H](O)[C@H](O)[C@H]2O)[C@@H](O[C@@H]2O[C@H](CO)[C@H](O)[C@H](O[C@]3(C(=O)O)C[C@H](O)[C@@H](NC(C)=O)[C@H]([C@H](O)[C@H](O)CO)O3)[C@H]2O)[C@@H]1O. The Kier molecular flexibility index (Phi) is 39.6. The number of aliphatic hydroxyl groups excluding tert-OH is 30. The van der Waals surface area contributed by atoms with Gasteiger partial charge in [0.1, 0.15) is 232 Å². The second-order valence-corrected chi connectivity index (χ2v) is 33.9. The summed E-state index contributed by atoms with van der Waals surface area (Å²) in [5.41, 5.74) is 0. The molecule has 10 heterocycles. The van der Waals surface area contributed by atoms with E-state index in [-0.39, 0.29) is 0 Å². The van der Waals surface area contributed by atoms with E-state index >= 15 is 0 Å². The summed E-state index contributed by atoms with van der Waals surface area (Å²) in [6.45, 7) is -8.64. The van der Waals surface area contributed by atoms with Crippen molar-refractivity contribution in [1.82, 2.24) is 21.3 Å². The monoisotopic (exact) mass is 1980 g/mol. The molecule has 0 radical (unpaired) electrons. The molecule has 10 aliphatic rings. The average molecular weight is 1980 g/mol. The van der Waals surface area contributed by atoms with Gasteiger partial charge in [-0.15, -0.1) is 0 Å². The number of carbonyl (C=O) groups excluding carboxylic acids is 4. The molecule has 0 aromatic carbocycles. The van der Waals surface area contributed by atoms with Crippen molar-refractivity contribution >= 4 is 35.6 Å². The van der Waals surface area contributed by atoms with Crippen molar-refractivity contribution in [2.75, 3.05) is 66.1 Å². The van der Waals surface area contributed by atoms with Gasteiger partial charge in [-0.2, -0.15) is 0 Å². The molecular formula is C74H122N4O57. The summed E-state index contributed by atoms with van der Waals surface area (Å²) in [5, 5.41) is 366. The Bertz CT molecular complexity index is 3790. The van der Waals surface area contributed by atoms with E-state index in [4.69, 9.17) is 90.0 Å². The van der Waals surface area contributed by atoms with Gasteiger partial charge in [0.05, 0.1) is 90.4 Å². The summed E-state index contributed by atoms with van der Waals surface area (Å²) < 4.78 is 111. The van der Waals surface area contributed by atoms with Crippen LogP contribution < -0.4 is 21.3 Å². The van der Waals surface area contributed by atoms with Crippen LogP contribution in [0.4, 0.5) is 0 Å². The van der Waals surface area contributed by atoms with Crippen molar-refractivity contribution < 1.29 is 282 Å². The molecule has 52 atom stereocenters. The van der Waals surface area contributed by atoms with E-state index in [1.807, 2.05) is 0 Å². The topological polar surface area (TPSA) is 973 Å². The van der Waals surface area contributed by atoms with E-state index in [9.17, 15) is 192 Å². The lowest BCUT2D eigenvalue weighted by Gasteiger charge is -2.51. The summed E-state index contributed by atoms with van der Waals surface area (Å²) in [6.07, 6.45) is -107. The van der Waals surface area contributed by atoms with Gasteiger partial charge in [0.25, 0.3) is 11.6 Å². The molecule has 10 fully saturated rings. The first-order chi connectivity index (χ1) is 63.5. The largest absolute Gasteiger partial charge is 0.477 e. The Morgan fingerprint density at radius 1 is 0.304 bits per heavy atom. The van der Waals surface area contributed by atoms with Crippen LogP contribution in [0.25, 0.3) is 0 Å². The second kappa shape index (κ2) is 47.8. The van der Waals surface area contributed by atoms with Gasteiger partial charge in [-0.25, -0.2) is 9.59 Å². The van der Waals surface area contributed by atoms with Crippen molar-refractivity contribution in [2.24, 2.45) is 0 Å². The predicted molar refractivity (Wildman–Crippen MR) is 410 cm³/mol. The number of amides is 4. The number of hydrogen-bond donors (Lipinski definition) is 36. The average Bonchev–Trinajstić information content (AvgIpc) is 0.750. The lowest BCUT2D eigenvalue weighted by molar-refractivity contribution is -0.394. The van der Waals surface area contributed by atoms with Crippen LogP contribution in [-0.4, -0.2) is 583 Å². The van der Waals surface area contributed by atoms with Crippen LogP contribution in [0.15, 0.2) is 0 Å². The highest BCUT2D eigenvalue weighted by Crippen LogP contribution is 2.44. The van der Waals surface area contributed by atoms with Gasteiger partial charge >= 0.3 is 11.9 Å². The molecule has 0 saturated carbocycles. The van der Waals surface area contributed by atoms with Crippen LogP contribution in [0, 0.1) is 0 Å². The van der Waals surface area contributed by atoms with E-state index < -0.39 is 432 Å². The number of carbonyl (C=O) groups is 6. The zero-order valence-corrected chi connectivity index (χ0v) is 71.9. The highest BCUT2D eigenvalue weighted by molar-refractivity contribution is 5.78. The second-order valence-electron chi connectivity index (χ2n) is 33.9. The highest BCUT2D eigenvalue weighted by Gasteiger charge is 2.66. The molecule has 4 amide bonds. The predicted octanol–water partition coefficient (Wildman–Crippen LogP) is -23.8. The molecule has 61 heteroatoms. The summed E-state index contributed by atoms with van der Waals surface area (Å²) >= 11 is 0. The molecule has 10 aliphatic heterocycles. The Hall–Kier alpha value is -5.14. The number of ether oxygens (including phenoxy) is 19. The number of aliphatic hydroxyl groups is 30. The fraction of sp³-hybridized carbons (Fsp3) is 0.919. The van der Waals surface area contributed by atoms with Gasteiger partial charge in [0, 0.05) is 40.5 Å². The van der Waals surface area contributed by atoms with E-state index in [0.717, 1.165) is 27.7 Å². The summed E-state index contributed by atoms with van der Waals surface area (Å²) in [6, 6.07) is -7.84. The highest BCUT2D eigenvalue weighted by atomic mass is 16.8. The Morgan fingerprint density at radius 2 is 0.585 bits per heavy atom. The molecule has 1 unspecified atom stereocenters. The normalized spacial score (nSPS) is 47.0. The van der Waals surface area contributed by atoms with Gasteiger partial charge in [-0.3, -0.25) is 19.2 Å². The smallest absolute Gasteiger partial charge is 0.364 e. The van der Waals surface area contributed by atoms with E-state index in [1.54, 1.807) is 0 Å². The van der Waals surface area contributed by atoms with Crippen molar-refractivity contribution in [3.63, 3.8) is 0 Å². The van der Waals surface area contributed by atoms with Crippen molar-refractivity contribution in [2.45, 2.75) is 359 Å². The summed E-state index contributed by atoms with van der Waals surface area (Å²) in [4.78, 5) is 77.8. The van der Waals surface area contributed by atoms with Gasteiger partial charge in [0.2, 0.25) is 23.6 Å². The molecule has 10 rings (SSSR count). The summed E-state index contributed by atoms with van der Waals surface area (Å²) in [5.74, 6) is -15.1. The standard InChI is InChI=1S/C74H122N4O57/c1-17(87)75-33-21(91)5-73(71(113)114,132-57(33)37(95)23(93)7-79)134-61-42(100)28(12-84)122-69(52(61)110)128-55-31(15-117-66-48(106)46(104)39(97)25(9-81)120-66)126-65(36(45(55)103)78-20(4)90)131-60-41(99)27(11-83)121-68(51(60)109)127-54-30(14-86)124-67(49(107)47(54)105)118-16-32-56(44(102)35(77-19(3)89)64(125-32)130-59-40(98)26(10-82)119-63(112)50(59)108)129-70-53(111)62(43(101)29(13-85)123-70)135-74(72(115)116)6-22(92)34(76-18(2)88)58(133-74)38(96)24(94)8-80/h21-70,79-86,91-112H,5-16H2,1-4H3,(H,75,87)(H,76,88)(H,77,89)(H,78,90)(H,113,114)(H,115,116)/t21-,22-,23+,24+,25+,26+,27+,28+,29+,30+,31+,32+,33+,34+,35+,36+,37+,38+,39+,40-,41-,42-,43-,44+,45+,46-,47+,48+,49+,50+,51+,52+,53+,54+,55+,56+,57+,58+,59-,60-,61-,62-,63?,64-,65-,66+,67+,68-,69-,70-,73-,74-/m0/s1. The molecule has 61 nitrogen and oxygen atoms in total. The van der Waals surface area contributed by atoms with Crippen LogP contribution in [0.1, 0.15) is 40.5 Å². The zero-order chi connectivity index (χ0) is 100. The van der Waals surface area contributed by atoms with Crippen LogP contribution in [0.3, 0.4) is 0 Å². The molecule has 0 aliphatic carbocycles. The zero-order valence-electron chi connectivity index (χ0n) is 71.9. The first-order valence-corrected chi connectivity index (χ1v) is 42.4. The number of rotatable bonds is 38. The lowest BCUT2D eigenvalue weighted by Crippen LogP contribution is -2.71. The minimum absolute atomic E-state index is 0.840. The van der Waals surface area contributed by atoms with Gasteiger partial charge < -0.3 is 275 Å². The fourth-order valence-corrected chi connectivity index (χ4v) is 17.3. The molecule has 0 aromatic rings. The van der Waals surface area contributed by atoms with Gasteiger partial charge in [0.15, 0.2) is 50.3 Å². The molecule has 36 N–H and O–H groups in total. The number of hydrogen-bond acceptors (Lipinski definition) is 55. The van der Waals surface area contributed by atoms with Crippen molar-refractivity contribution in [3.8, 4) is 0 Å². The molecule has 0 spiro atoms. The first-order valence-electron chi connectivity index (χ1n) is 42.4. The van der Waals surface area contributed by atoms with E-state index in [1.165, 1.54) is 0 Å². The molecule has 10 saturated heterocycles. The number of carboxylic acids is 2. The molecule has 0 bridgehead atoms. The Labute approximate surface area is 761 Å². The fourth-order valence-electron chi connectivity index (χ4n) is 17.3. The Balaban J connectivity index is 0.924. The lowest BCUT2D eigenvalue weighted by atomic mass is 9.88. The maximum absolute atomic E-state index is 13.4. The number of nitrogens with one attached hydrogen (secondary N) is 4. The van der Waals surface area contributed by atoms with Crippen molar-refractivity contribution in [3.05, 3.63) is 0 Å². The first kappa shape index (κ1) is 112. The van der Waals surface area contributed by atoms with E-state index in [0.29, 0.717) is 0 Å². The van der Waals surface area contributed by atoms with E-state index in [2.05, 4.69) is 21.3 Å². The molecule has 0 aromatic heterocycles. The number of carboxylic acid groups (broad SMARTS) is 2. The van der Waals surface area contributed by atoms with Gasteiger partial charge in [-0.1, -0.05) is 0 Å². The minimum atomic E-state index is -3.38. The van der Waals surface area contributed by atoms with Crippen LogP contribution in [0.5, 0.6) is 0 Å². The van der Waals surface area contributed by atoms with Crippen LogP contribution in [-0.2, 0) is 119 Å². The third-order valence-electron chi connectivity index (χ3n) is 24.4. The maximum atomic E-state index is 13.4. The van der Waals surface area contributed by atoms with Crippen LogP contribution >= 0.6 is 0 Å². The summed E-state index contributed by atoms with van der Waals surface area (Å²) in [7, 11) is 0. The minimum Gasteiger partial charge on any atom is -0.477 e. The molecule has 780 valence electrons. The van der Waals surface area contributed by atoms with Crippen LogP contribution in [0.2, 0.25) is 0 Å². The molecular weight excluding hydrogens is 1860 g/mol.